The average molecular weight is 293 g/mol. The highest BCUT2D eigenvalue weighted by Gasteiger charge is 2.10. The number of rotatable bonds is 4. The van der Waals surface area contributed by atoms with Crippen molar-refractivity contribution in [2.24, 2.45) is 5.92 Å². The lowest BCUT2D eigenvalue weighted by molar-refractivity contribution is 0.373. The van der Waals surface area contributed by atoms with E-state index in [9.17, 15) is 5.11 Å². The number of nitrogens with zero attached hydrogens (tertiary/aromatic N) is 2. The summed E-state index contributed by atoms with van der Waals surface area (Å²) in [6.07, 6.45) is 0.831. The van der Waals surface area contributed by atoms with Crippen LogP contribution in [0.3, 0.4) is 0 Å². The molecule has 0 aliphatic carbocycles. The van der Waals surface area contributed by atoms with Crippen molar-refractivity contribution in [2.45, 2.75) is 20.3 Å². The zero-order valence-corrected chi connectivity index (χ0v) is 12.5. The van der Waals surface area contributed by atoms with Gasteiger partial charge in [0.25, 0.3) is 0 Å². The van der Waals surface area contributed by atoms with Gasteiger partial charge >= 0.3 is 0 Å². The first-order chi connectivity index (χ1) is 9.49. The number of methoxy groups -OCH3 is 1. The summed E-state index contributed by atoms with van der Waals surface area (Å²) in [5.41, 5.74) is 1.60. The topological polar surface area (TPSA) is 55.2 Å². The van der Waals surface area contributed by atoms with Gasteiger partial charge in [-0.3, -0.25) is 0 Å². The van der Waals surface area contributed by atoms with Crippen LogP contribution in [0.25, 0.3) is 11.4 Å². The summed E-state index contributed by atoms with van der Waals surface area (Å²) in [6.45, 7) is 4.24. The Balaban J connectivity index is 2.41. The minimum atomic E-state index is 0.0546. The van der Waals surface area contributed by atoms with Crippen LogP contribution in [0, 0.1) is 5.92 Å². The Morgan fingerprint density at radius 3 is 2.60 bits per heavy atom. The smallest absolute Gasteiger partial charge is 0.161 e. The molecule has 0 saturated heterocycles. The van der Waals surface area contributed by atoms with Crippen molar-refractivity contribution in [3.05, 3.63) is 35.1 Å². The number of halogens is 1. The second-order valence-corrected chi connectivity index (χ2v) is 5.38. The second-order valence-electron chi connectivity index (χ2n) is 4.99. The Hall–Kier alpha value is -1.81. The highest BCUT2D eigenvalue weighted by molar-refractivity contribution is 6.29. The molecule has 0 amide bonds. The van der Waals surface area contributed by atoms with E-state index in [2.05, 4.69) is 23.8 Å². The molecule has 2 aromatic rings. The van der Waals surface area contributed by atoms with Crippen LogP contribution in [-0.2, 0) is 6.42 Å². The van der Waals surface area contributed by atoms with E-state index in [1.165, 1.54) is 7.11 Å². The molecular formula is C15H17ClN2O2. The summed E-state index contributed by atoms with van der Waals surface area (Å²) in [5.74, 6) is 1.46. The number of aromatic nitrogens is 2. The summed E-state index contributed by atoms with van der Waals surface area (Å²) < 4.78 is 5.02. The Morgan fingerprint density at radius 1 is 1.25 bits per heavy atom. The third kappa shape index (κ3) is 3.39. The van der Waals surface area contributed by atoms with Gasteiger partial charge in [-0.1, -0.05) is 25.4 Å². The molecule has 1 N–H and O–H groups in total. The Labute approximate surface area is 123 Å². The number of phenolic OH excluding ortho intramolecular Hbond substituents is 1. The first-order valence-electron chi connectivity index (χ1n) is 6.40. The highest BCUT2D eigenvalue weighted by Crippen LogP contribution is 2.30. The molecule has 0 aliphatic heterocycles. The van der Waals surface area contributed by atoms with Gasteiger partial charge < -0.3 is 9.84 Å². The standard InChI is InChI=1S/C15H17ClN2O2/c1-9(2)6-11-8-14(16)18-15(17-11)10-4-5-13(20-3)12(19)7-10/h4-5,7-9,19H,6H2,1-3H3. The normalized spacial score (nSPS) is 10.8. The first-order valence-corrected chi connectivity index (χ1v) is 6.78. The molecule has 0 unspecified atom stereocenters. The van der Waals surface area contributed by atoms with Gasteiger partial charge in [-0.15, -0.1) is 0 Å². The van der Waals surface area contributed by atoms with Crippen molar-refractivity contribution in [1.29, 1.82) is 0 Å². The van der Waals surface area contributed by atoms with E-state index in [1.54, 1.807) is 24.3 Å². The summed E-state index contributed by atoms with van der Waals surface area (Å²) in [7, 11) is 1.51. The fourth-order valence-electron chi connectivity index (χ4n) is 1.95. The monoisotopic (exact) mass is 292 g/mol. The summed E-state index contributed by atoms with van der Waals surface area (Å²) in [6, 6.07) is 6.82. The highest BCUT2D eigenvalue weighted by atomic mass is 35.5. The molecule has 0 spiro atoms. The zero-order chi connectivity index (χ0) is 14.7. The zero-order valence-electron chi connectivity index (χ0n) is 11.7. The largest absolute Gasteiger partial charge is 0.504 e. The van der Waals surface area contributed by atoms with E-state index in [4.69, 9.17) is 16.3 Å². The lowest BCUT2D eigenvalue weighted by Gasteiger charge is -2.09. The Bertz CT molecular complexity index is 615. The SMILES string of the molecule is COc1ccc(-c2nc(Cl)cc(CC(C)C)n2)cc1O. The fraction of sp³-hybridized carbons (Fsp3) is 0.333. The second kappa shape index (κ2) is 6.09. The molecular weight excluding hydrogens is 276 g/mol. The Morgan fingerprint density at radius 2 is 2.00 bits per heavy atom. The van der Waals surface area contributed by atoms with Gasteiger partial charge in [-0.25, -0.2) is 9.97 Å². The minimum absolute atomic E-state index is 0.0546. The molecule has 2 rings (SSSR count). The van der Waals surface area contributed by atoms with Gasteiger partial charge in [-0.2, -0.15) is 0 Å². The Kier molecular flexibility index (Phi) is 4.45. The molecule has 1 heterocycles. The lowest BCUT2D eigenvalue weighted by atomic mass is 10.1. The number of benzene rings is 1. The molecule has 0 fully saturated rings. The van der Waals surface area contributed by atoms with Crippen molar-refractivity contribution >= 4 is 11.6 Å². The molecule has 0 radical (unpaired) electrons. The molecule has 0 saturated carbocycles. The molecule has 20 heavy (non-hydrogen) atoms. The van der Waals surface area contributed by atoms with Crippen molar-refractivity contribution < 1.29 is 9.84 Å². The quantitative estimate of drug-likeness (QED) is 0.873. The van der Waals surface area contributed by atoms with E-state index in [-0.39, 0.29) is 5.75 Å². The maximum absolute atomic E-state index is 9.82. The van der Waals surface area contributed by atoms with E-state index in [0.717, 1.165) is 12.1 Å². The predicted molar refractivity (Wildman–Crippen MR) is 79.2 cm³/mol. The molecule has 0 bridgehead atoms. The first kappa shape index (κ1) is 14.6. The fourth-order valence-corrected chi connectivity index (χ4v) is 2.15. The number of ether oxygens (including phenoxy) is 1. The molecule has 0 aliphatic rings. The molecule has 5 heteroatoms. The number of phenols is 1. The number of hydrogen-bond donors (Lipinski definition) is 1. The lowest BCUT2D eigenvalue weighted by Crippen LogP contribution is -2.00. The van der Waals surface area contributed by atoms with Gasteiger partial charge in [0.1, 0.15) is 5.15 Å². The van der Waals surface area contributed by atoms with Crippen LogP contribution in [0.5, 0.6) is 11.5 Å². The molecule has 0 atom stereocenters. The third-order valence-electron chi connectivity index (χ3n) is 2.80. The van der Waals surface area contributed by atoms with E-state index in [0.29, 0.717) is 28.2 Å². The number of hydrogen-bond acceptors (Lipinski definition) is 4. The molecule has 106 valence electrons. The predicted octanol–water partition coefficient (Wildman–Crippen LogP) is 3.71. The molecule has 1 aromatic heterocycles. The van der Waals surface area contributed by atoms with Crippen LogP contribution in [-0.4, -0.2) is 22.2 Å². The third-order valence-corrected chi connectivity index (χ3v) is 3.00. The van der Waals surface area contributed by atoms with Gasteiger partial charge in [-0.05, 0) is 36.6 Å². The van der Waals surface area contributed by atoms with Crippen LogP contribution in [0.2, 0.25) is 5.15 Å². The summed E-state index contributed by atoms with van der Waals surface area (Å²) in [4.78, 5) is 8.70. The summed E-state index contributed by atoms with van der Waals surface area (Å²) >= 11 is 6.04. The van der Waals surface area contributed by atoms with E-state index >= 15 is 0 Å². The van der Waals surface area contributed by atoms with Gasteiger partial charge in [0, 0.05) is 11.3 Å². The maximum Gasteiger partial charge on any atom is 0.161 e. The number of aromatic hydroxyl groups is 1. The molecule has 4 nitrogen and oxygen atoms in total. The van der Waals surface area contributed by atoms with Crippen molar-refractivity contribution in [3.8, 4) is 22.9 Å². The van der Waals surface area contributed by atoms with Crippen LogP contribution in [0.1, 0.15) is 19.5 Å². The minimum Gasteiger partial charge on any atom is -0.504 e. The van der Waals surface area contributed by atoms with Gasteiger partial charge in [0.2, 0.25) is 0 Å². The maximum atomic E-state index is 9.82. The summed E-state index contributed by atoms with van der Waals surface area (Å²) in [5, 5.41) is 10.2. The van der Waals surface area contributed by atoms with Crippen LogP contribution in [0.4, 0.5) is 0 Å². The van der Waals surface area contributed by atoms with Gasteiger partial charge in [0.15, 0.2) is 17.3 Å². The average Bonchev–Trinajstić information content (AvgIpc) is 2.37. The van der Waals surface area contributed by atoms with E-state index < -0.39 is 0 Å². The van der Waals surface area contributed by atoms with Crippen LogP contribution >= 0.6 is 11.6 Å². The van der Waals surface area contributed by atoms with Crippen LogP contribution in [0.15, 0.2) is 24.3 Å². The van der Waals surface area contributed by atoms with Crippen molar-refractivity contribution in [3.63, 3.8) is 0 Å². The van der Waals surface area contributed by atoms with Gasteiger partial charge in [0.05, 0.1) is 7.11 Å². The van der Waals surface area contributed by atoms with Crippen molar-refractivity contribution in [1.82, 2.24) is 9.97 Å². The van der Waals surface area contributed by atoms with E-state index in [1.807, 2.05) is 0 Å². The van der Waals surface area contributed by atoms with Crippen LogP contribution < -0.4 is 4.74 Å². The molecule has 1 aromatic carbocycles. The van der Waals surface area contributed by atoms with Crippen molar-refractivity contribution in [2.75, 3.05) is 7.11 Å².